The van der Waals surface area contributed by atoms with E-state index < -0.39 is 11.7 Å². The smallest absolute Gasteiger partial charge is 0.303 e. The fourth-order valence-corrected chi connectivity index (χ4v) is 6.58. The molecule has 0 bridgehead atoms. The van der Waals surface area contributed by atoms with E-state index in [0.717, 1.165) is 69.2 Å². The van der Waals surface area contributed by atoms with Crippen LogP contribution in [0.15, 0.2) is 29.8 Å². The lowest BCUT2D eigenvalue weighted by Gasteiger charge is -2.53. The Bertz CT molecular complexity index is 988. The Hall–Kier alpha value is -2.09. The van der Waals surface area contributed by atoms with Crippen molar-refractivity contribution in [2.75, 3.05) is 39.5 Å². The molecule has 0 aromatic heterocycles. The number of rotatable bonds is 6. The molecule has 2 radical (unpaired) electrons. The molecule has 2 fully saturated rings. The number of hydrogen-bond acceptors (Lipinski definition) is 7. The molecule has 1 aromatic carbocycles. The van der Waals surface area contributed by atoms with Gasteiger partial charge in [0.1, 0.15) is 6.10 Å². The third-order valence-corrected chi connectivity index (χ3v) is 8.74. The van der Waals surface area contributed by atoms with Gasteiger partial charge in [0.25, 0.3) is 0 Å². The number of carbonyl (C=O) groups is 1. The third kappa shape index (κ3) is 5.15. The number of fused-ring (bicyclic) bond motifs is 2. The predicted molar refractivity (Wildman–Crippen MR) is 136 cm³/mol. The van der Waals surface area contributed by atoms with Gasteiger partial charge in [0, 0.05) is 52.1 Å². The molecule has 2 aliphatic heterocycles. The van der Waals surface area contributed by atoms with Crippen molar-refractivity contribution in [2.45, 2.75) is 58.8 Å². The normalized spacial score (nSPS) is 33.5. The van der Waals surface area contributed by atoms with Gasteiger partial charge in [-0.15, -0.1) is 0 Å². The maximum absolute atomic E-state index is 11.7. The number of piperazine rings is 1. The largest absolute Gasteiger partial charge is 0.457 e. The van der Waals surface area contributed by atoms with Gasteiger partial charge in [0.15, 0.2) is 11.5 Å². The molecular weight excluding hydrogens is 456 g/mol. The molecule has 7 nitrogen and oxygen atoms in total. The maximum atomic E-state index is 11.7. The molecule has 6 atom stereocenters. The van der Waals surface area contributed by atoms with Crippen LogP contribution in [0.2, 0.25) is 0 Å². The van der Waals surface area contributed by atoms with Crippen LogP contribution in [-0.4, -0.2) is 72.1 Å². The number of hydrogen-bond donors (Lipinski definition) is 1. The Morgan fingerprint density at radius 2 is 1.92 bits per heavy atom. The topological polar surface area (TPSA) is 71.5 Å². The van der Waals surface area contributed by atoms with Gasteiger partial charge in [-0.2, -0.15) is 0 Å². The molecule has 0 spiro atoms. The maximum Gasteiger partial charge on any atom is 0.303 e. The lowest BCUT2D eigenvalue weighted by molar-refractivity contribution is -0.148. The summed E-state index contributed by atoms with van der Waals surface area (Å²) in [5.74, 6) is 2.27. The summed E-state index contributed by atoms with van der Waals surface area (Å²) in [7, 11) is 0. The summed E-state index contributed by atoms with van der Waals surface area (Å²) in [5, 5.41) is 11.7. The van der Waals surface area contributed by atoms with Crippen molar-refractivity contribution in [3.8, 4) is 11.5 Å². The molecular formula is C29H40N2O5. The van der Waals surface area contributed by atoms with Crippen molar-refractivity contribution in [2.24, 2.45) is 23.7 Å². The number of nitrogens with zero attached hydrogens (tertiary/aromatic N) is 2. The van der Waals surface area contributed by atoms with E-state index in [-0.39, 0.29) is 17.8 Å². The van der Waals surface area contributed by atoms with Crippen LogP contribution in [-0.2, 0) is 16.1 Å². The van der Waals surface area contributed by atoms with Gasteiger partial charge in [-0.05, 0) is 60.8 Å². The van der Waals surface area contributed by atoms with Crippen LogP contribution in [0.3, 0.4) is 0 Å². The van der Waals surface area contributed by atoms with Crippen LogP contribution in [0.25, 0.3) is 0 Å². The second kappa shape index (κ2) is 10.3. The first kappa shape index (κ1) is 25.6. The first-order valence-corrected chi connectivity index (χ1v) is 13.4. The summed E-state index contributed by atoms with van der Waals surface area (Å²) < 4.78 is 16.4. The van der Waals surface area contributed by atoms with Crippen LogP contribution in [0, 0.1) is 30.1 Å². The molecule has 1 aromatic rings. The minimum Gasteiger partial charge on any atom is -0.457 e. The van der Waals surface area contributed by atoms with Gasteiger partial charge >= 0.3 is 5.97 Å². The zero-order valence-corrected chi connectivity index (χ0v) is 22.0. The molecule has 0 amide bonds. The highest BCUT2D eigenvalue weighted by atomic mass is 16.7. The molecule has 36 heavy (non-hydrogen) atoms. The van der Waals surface area contributed by atoms with Crippen LogP contribution in [0.5, 0.6) is 11.5 Å². The van der Waals surface area contributed by atoms with Gasteiger partial charge in [0.2, 0.25) is 6.79 Å². The van der Waals surface area contributed by atoms with Gasteiger partial charge in [-0.25, -0.2) is 0 Å². The number of ether oxygens (including phenoxy) is 3. The van der Waals surface area contributed by atoms with Crippen molar-refractivity contribution in [3.63, 3.8) is 0 Å². The minimum absolute atomic E-state index is 0.00959. The standard InChI is InChI=1S/C29H40N2O5/c1-19-13-25-24(7-5-21(3)29(25,33)15-28(19)36-22(4)32)20(2)16-30-9-11-31(12-10-30)17-23-6-8-26-27(14-23)35-18-34-26/h6,8,13-14,20-21,24-25,28,33H,5,7,9-12,16-18H2,1-4H3/t20-,21-,24+,25-,28-,29-/m1/s1. The Morgan fingerprint density at radius 1 is 1.19 bits per heavy atom. The fourth-order valence-electron chi connectivity index (χ4n) is 6.58. The monoisotopic (exact) mass is 496 g/mol. The van der Waals surface area contributed by atoms with E-state index in [1.165, 1.54) is 12.5 Å². The van der Waals surface area contributed by atoms with E-state index in [1.807, 2.05) is 13.0 Å². The van der Waals surface area contributed by atoms with Crippen molar-refractivity contribution >= 4 is 5.97 Å². The van der Waals surface area contributed by atoms with Crippen LogP contribution in [0.4, 0.5) is 0 Å². The Balaban J connectivity index is 1.17. The highest BCUT2D eigenvalue weighted by molar-refractivity contribution is 5.66. The summed E-state index contributed by atoms with van der Waals surface area (Å²) in [4.78, 5) is 16.7. The fraction of sp³-hybridized carbons (Fsp3) is 0.655. The van der Waals surface area contributed by atoms with Crippen molar-refractivity contribution < 1.29 is 24.1 Å². The molecule has 0 unspecified atom stereocenters. The van der Waals surface area contributed by atoms with Crippen LogP contribution < -0.4 is 9.47 Å². The molecule has 2 heterocycles. The second-order valence-corrected chi connectivity index (χ2v) is 11.3. The predicted octanol–water partition coefficient (Wildman–Crippen LogP) is 3.54. The van der Waals surface area contributed by atoms with Gasteiger partial charge in [-0.1, -0.05) is 26.0 Å². The van der Waals surface area contributed by atoms with E-state index >= 15 is 0 Å². The summed E-state index contributed by atoms with van der Waals surface area (Å²) in [6, 6.07) is 6.24. The lowest BCUT2D eigenvalue weighted by Crippen LogP contribution is -2.57. The Morgan fingerprint density at radius 3 is 2.67 bits per heavy atom. The number of benzene rings is 1. The summed E-state index contributed by atoms with van der Waals surface area (Å²) in [6.07, 6.45) is 6.97. The first-order valence-electron chi connectivity index (χ1n) is 13.4. The van der Waals surface area contributed by atoms with Crippen LogP contribution >= 0.6 is 0 Å². The molecule has 1 saturated heterocycles. The van der Waals surface area contributed by atoms with E-state index in [2.05, 4.69) is 48.3 Å². The average Bonchev–Trinajstić information content (AvgIpc) is 3.30. The van der Waals surface area contributed by atoms with E-state index in [9.17, 15) is 9.90 Å². The highest BCUT2D eigenvalue weighted by Crippen LogP contribution is 2.51. The number of carbonyl (C=O) groups excluding carboxylic acids is 1. The molecule has 1 N–H and O–H groups in total. The third-order valence-electron chi connectivity index (χ3n) is 8.74. The molecule has 5 rings (SSSR count). The van der Waals surface area contributed by atoms with Crippen LogP contribution in [0.1, 0.15) is 46.1 Å². The number of aliphatic hydroxyl groups is 1. The van der Waals surface area contributed by atoms with E-state index in [4.69, 9.17) is 14.2 Å². The van der Waals surface area contributed by atoms with Gasteiger partial charge in [-0.3, -0.25) is 9.69 Å². The minimum atomic E-state index is -1.06. The van der Waals surface area contributed by atoms with Gasteiger partial charge in [0.05, 0.1) is 12.0 Å². The summed E-state index contributed by atoms with van der Waals surface area (Å²) in [5.41, 5.74) is 1.18. The molecule has 196 valence electrons. The Kier molecular flexibility index (Phi) is 7.34. The second-order valence-electron chi connectivity index (χ2n) is 11.3. The average molecular weight is 497 g/mol. The first-order chi connectivity index (χ1) is 17.2. The van der Waals surface area contributed by atoms with E-state index in [1.54, 1.807) is 0 Å². The van der Waals surface area contributed by atoms with Crippen molar-refractivity contribution in [1.82, 2.24) is 9.80 Å². The molecule has 4 aliphatic rings. The van der Waals surface area contributed by atoms with Gasteiger partial charge < -0.3 is 24.2 Å². The zero-order valence-electron chi connectivity index (χ0n) is 22.0. The van der Waals surface area contributed by atoms with Crippen molar-refractivity contribution in [3.05, 3.63) is 41.8 Å². The SMILES string of the molecule is CC(=O)O[C@@H]1[C][C@@]2(O)[C@H](C)CC[C@@H]([C@H](C)CN3CCN(Cc4ccc5c(c4)OCO5)CC3)[C@H]2C=C1C. The summed E-state index contributed by atoms with van der Waals surface area (Å²) in [6.45, 7) is 14.3. The number of esters is 1. The van der Waals surface area contributed by atoms with Crippen molar-refractivity contribution in [1.29, 1.82) is 0 Å². The highest BCUT2D eigenvalue weighted by Gasteiger charge is 2.53. The Labute approximate surface area is 215 Å². The zero-order chi connectivity index (χ0) is 25.4. The molecule has 7 heteroatoms. The molecule has 1 saturated carbocycles. The quantitative estimate of drug-likeness (QED) is 0.477. The summed E-state index contributed by atoms with van der Waals surface area (Å²) >= 11 is 0. The lowest BCUT2D eigenvalue weighted by atomic mass is 9.57. The molecule has 2 aliphatic carbocycles. The van der Waals surface area contributed by atoms with E-state index in [0.29, 0.717) is 18.6 Å².